The molecule has 1 aromatic rings. The number of nitrogens with one attached hydrogen (secondary N) is 2. The highest BCUT2D eigenvalue weighted by Gasteiger charge is 2.14. The largest absolute Gasteiger partial charge is 0.338 e. The minimum Gasteiger partial charge on any atom is -0.338 e. The van der Waals surface area contributed by atoms with Crippen LogP contribution in [0.5, 0.6) is 0 Å². The molecule has 0 spiro atoms. The lowest BCUT2D eigenvalue weighted by molar-refractivity contribution is 0.233. The van der Waals surface area contributed by atoms with E-state index in [9.17, 15) is 9.18 Å². The van der Waals surface area contributed by atoms with E-state index in [4.69, 9.17) is 0 Å². The van der Waals surface area contributed by atoms with E-state index >= 15 is 0 Å². The number of halogens is 1. The van der Waals surface area contributed by atoms with E-state index in [2.05, 4.69) is 10.6 Å². The van der Waals surface area contributed by atoms with Gasteiger partial charge in [-0.15, -0.1) is 0 Å². The van der Waals surface area contributed by atoms with Crippen molar-refractivity contribution in [2.24, 2.45) is 0 Å². The number of urea groups is 1. The normalized spacial score (nSPS) is 16.1. The van der Waals surface area contributed by atoms with Crippen molar-refractivity contribution in [2.75, 3.05) is 6.54 Å². The van der Waals surface area contributed by atoms with E-state index < -0.39 is 0 Å². The van der Waals surface area contributed by atoms with Gasteiger partial charge >= 0.3 is 6.03 Å². The standard InChI is InChI=1S/C15H21FN2O/c16-13-8-6-12(7-9-13)10-11-17-15(19)18-14-4-2-1-3-5-14/h6-9,14H,1-5,10-11H2,(H2,17,18,19). The van der Waals surface area contributed by atoms with Crippen molar-refractivity contribution < 1.29 is 9.18 Å². The van der Waals surface area contributed by atoms with Crippen LogP contribution in [0.25, 0.3) is 0 Å². The topological polar surface area (TPSA) is 41.1 Å². The second-order valence-electron chi connectivity index (χ2n) is 5.11. The van der Waals surface area contributed by atoms with E-state index in [1.807, 2.05) is 0 Å². The number of rotatable bonds is 4. The molecule has 2 rings (SSSR count). The molecule has 3 nitrogen and oxygen atoms in total. The molecule has 0 saturated heterocycles. The van der Waals surface area contributed by atoms with Crippen molar-refractivity contribution >= 4 is 6.03 Å². The van der Waals surface area contributed by atoms with Crippen LogP contribution in [0.4, 0.5) is 9.18 Å². The van der Waals surface area contributed by atoms with E-state index in [1.54, 1.807) is 12.1 Å². The average Bonchev–Trinajstić information content (AvgIpc) is 2.42. The van der Waals surface area contributed by atoms with Crippen molar-refractivity contribution in [2.45, 2.75) is 44.6 Å². The molecule has 2 amide bonds. The predicted octanol–water partition coefficient (Wildman–Crippen LogP) is 3.00. The van der Waals surface area contributed by atoms with Gasteiger partial charge in [0.05, 0.1) is 0 Å². The molecule has 0 radical (unpaired) electrons. The van der Waals surface area contributed by atoms with Crippen LogP contribution < -0.4 is 10.6 Å². The van der Waals surface area contributed by atoms with Gasteiger partial charge in [-0.05, 0) is 37.0 Å². The number of hydrogen-bond donors (Lipinski definition) is 2. The molecule has 0 bridgehead atoms. The minimum absolute atomic E-state index is 0.0889. The zero-order chi connectivity index (χ0) is 13.5. The summed E-state index contributed by atoms with van der Waals surface area (Å²) in [6, 6.07) is 6.62. The first-order valence-electron chi connectivity index (χ1n) is 7.03. The SMILES string of the molecule is O=C(NCCc1ccc(F)cc1)NC1CCCCC1. The van der Waals surface area contributed by atoms with Crippen LogP contribution in [0.2, 0.25) is 0 Å². The molecule has 19 heavy (non-hydrogen) atoms. The van der Waals surface area contributed by atoms with Gasteiger partial charge < -0.3 is 10.6 Å². The summed E-state index contributed by atoms with van der Waals surface area (Å²) in [6.45, 7) is 0.574. The molecule has 1 saturated carbocycles. The summed E-state index contributed by atoms with van der Waals surface area (Å²) in [4.78, 5) is 11.7. The zero-order valence-corrected chi connectivity index (χ0v) is 11.1. The summed E-state index contributed by atoms with van der Waals surface area (Å²) in [5, 5.41) is 5.85. The van der Waals surface area contributed by atoms with Crippen molar-refractivity contribution in [3.63, 3.8) is 0 Å². The van der Waals surface area contributed by atoms with E-state index in [0.29, 0.717) is 12.6 Å². The third-order valence-electron chi connectivity index (χ3n) is 3.55. The Morgan fingerprint density at radius 3 is 2.53 bits per heavy atom. The van der Waals surface area contributed by atoms with Crippen LogP contribution >= 0.6 is 0 Å². The number of hydrogen-bond acceptors (Lipinski definition) is 1. The lowest BCUT2D eigenvalue weighted by Crippen LogP contribution is -2.43. The first kappa shape index (κ1) is 13.8. The number of carbonyl (C=O) groups is 1. The maximum atomic E-state index is 12.7. The smallest absolute Gasteiger partial charge is 0.315 e. The van der Waals surface area contributed by atoms with Gasteiger partial charge in [0, 0.05) is 12.6 Å². The second-order valence-corrected chi connectivity index (χ2v) is 5.11. The lowest BCUT2D eigenvalue weighted by Gasteiger charge is -2.22. The second kappa shape index (κ2) is 7.12. The molecular formula is C15H21FN2O. The summed E-state index contributed by atoms with van der Waals surface area (Å²) >= 11 is 0. The van der Waals surface area contributed by atoms with Gasteiger partial charge in [0.1, 0.15) is 5.82 Å². The first-order valence-corrected chi connectivity index (χ1v) is 7.03. The van der Waals surface area contributed by atoms with Gasteiger partial charge in [0.25, 0.3) is 0 Å². The Morgan fingerprint density at radius 1 is 1.16 bits per heavy atom. The molecule has 1 fully saturated rings. The molecule has 2 N–H and O–H groups in total. The molecule has 0 aromatic heterocycles. The lowest BCUT2D eigenvalue weighted by atomic mass is 9.96. The summed E-state index contributed by atoms with van der Waals surface area (Å²) in [5.74, 6) is -0.230. The average molecular weight is 264 g/mol. The van der Waals surface area contributed by atoms with E-state index in [1.165, 1.54) is 31.4 Å². The molecule has 104 valence electrons. The van der Waals surface area contributed by atoms with E-state index in [0.717, 1.165) is 24.8 Å². The Morgan fingerprint density at radius 2 is 1.84 bits per heavy atom. The van der Waals surface area contributed by atoms with Gasteiger partial charge in [-0.3, -0.25) is 0 Å². The van der Waals surface area contributed by atoms with Crippen molar-refractivity contribution in [1.82, 2.24) is 10.6 Å². The van der Waals surface area contributed by atoms with Crippen LogP contribution in [0.15, 0.2) is 24.3 Å². The number of carbonyl (C=O) groups excluding carboxylic acids is 1. The Hall–Kier alpha value is -1.58. The van der Waals surface area contributed by atoms with Gasteiger partial charge in [-0.2, -0.15) is 0 Å². The van der Waals surface area contributed by atoms with Gasteiger partial charge in [-0.25, -0.2) is 9.18 Å². The summed E-state index contributed by atoms with van der Waals surface area (Å²) in [7, 11) is 0. The van der Waals surface area contributed by atoms with Crippen molar-refractivity contribution in [3.05, 3.63) is 35.6 Å². The highest BCUT2D eigenvalue weighted by molar-refractivity contribution is 5.74. The number of amides is 2. The monoisotopic (exact) mass is 264 g/mol. The third kappa shape index (κ3) is 4.89. The highest BCUT2D eigenvalue weighted by Crippen LogP contribution is 2.17. The van der Waals surface area contributed by atoms with Crippen LogP contribution in [0.3, 0.4) is 0 Å². The van der Waals surface area contributed by atoms with Gasteiger partial charge in [-0.1, -0.05) is 31.4 Å². The molecule has 1 aromatic carbocycles. The summed E-state index contributed by atoms with van der Waals surface area (Å²) in [5.41, 5.74) is 1.03. The Kier molecular flexibility index (Phi) is 5.19. The Bertz CT molecular complexity index is 399. The van der Waals surface area contributed by atoms with Crippen LogP contribution in [0.1, 0.15) is 37.7 Å². The van der Waals surface area contributed by atoms with E-state index in [-0.39, 0.29) is 11.8 Å². The molecular weight excluding hydrogens is 243 g/mol. The Labute approximate surface area is 113 Å². The maximum Gasteiger partial charge on any atom is 0.315 e. The number of benzene rings is 1. The third-order valence-corrected chi connectivity index (χ3v) is 3.55. The summed E-state index contributed by atoms with van der Waals surface area (Å²) < 4.78 is 12.7. The van der Waals surface area contributed by atoms with Crippen LogP contribution in [-0.4, -0.2) is 18.6 Å². The quantitative estimate of drug-likeness (QED) is 0.862. The maximum absolute atomic E-state index is 12.7. The molecule has 0 heterocycles. The molecule has 1 aliphatic rings. The van der Waals surface area contributed by atoms with Gasteiger partial charge in [0.15, 0.2) is 0 Å². The zero-order valence-electron chi connectivity index (χ0n) is 11.1. The molecule has 0 atom stereocenters. The van der Waals surface area contributed by atoms with Crippen LogP contribution in [0, 0.1) is 5.82 Å². The highest BCUT2D eigenvalue weighted by atomic mass is 19.1. The van der Waals surface area contributed by atoms with Crippen LogP contribution in [-0.2, 0) is 6.42 Å². The summed E-state index contributed by atoms with van der Waals surface area (Å²) in [6.07, 6.45) is 6.60. The molecule has 0 aliphatic heterocycles. The van der Waals surface area contributed by atoms with Gasteiger partial charge in [0.2, 0.25) is 0 Å². The minimum atomic E-state index is -0.230. The molecule has 0 unspecified atom stereocenters. The van der Waals surface area contributed by atoms with Crippen molar-refractivity contribution in [3.8, 4) is 0 Å². The molecule has 4 heteroatoms. The first-order chi connectivity index (χ1) is 9.24. The fourth-order valence-corrected chi connectivity index (χ4v) is 2.45. The predicted molar refractivity (Wildman–Crippen MR) is 73.5 cm³/mol. The molecule has 1 aliphatic carbocycles. The Balaban J connectivity index is 1.64. The fourth-order valence-electron chi connectivity index (χ4n) is 2.45. The fraction of sp³-hybridized carbons (Fsp3) is 0.533. The van der Waals surface area contributed by atoms with Crippen molar-refractivity contribution in [1.29, 1.82) is 0 Å².